The first-order valence-electron chi connectivity index (χ1n) is 5.91. The summed E-state index contributed by atoms with van der Waals surface area (Å²) >= 11 is 3.18. The summed E-state index contributed by atoms with van der Waals surface area (Å²) in [5, 5.41) is 10.0. The Morgan fingerprint density at radius 3 is 2.52 bits per heavy atom. The number of rotatable bonds is 3. The molecule has 1 aromatic heterocycles. The maximum absolute atomic E-state index is 13.2. The minimum absolute atomic E-state index is 0.0982. The fourth-order valence-electron chi connectivity index (χ4n) is 1.97. The lowest BCUT2D eigenvalue weighted by atomic mass is 9.97. The summed E-state index contributed by atoms with van der Waals surface area (Å²) < 4.78 is 52.5. The zero-order valence-corrected chi connectivity index (χ0v) is 12.1. The molecule has 112 valence electrons. The van der Waals surface area contributed by atoms with Gasteiger partial charge < -0.3 is 5.11 Å². The van der Waals surface area contributed by atoms with Crippen LogP contribution in [0.4, 0.5) is 17.6 Å². The molecule has 7 heteroatoms. The molecule has 2 aromatic rings. The van der Waals surface area contributed by atoms with Crippen LogP contribution in [0.1, 0.15) is 22.8 Å². The summed E-state index contributed by atoms with van der Waals surface area (Å²) in [5.41, 5.74) is -0.990. The minimum atomic E-state index is -4.65. The smallest absolute Gasteiger partial charge is 0.388 e. The van der Waals surface area contributed by atoms with Crippen molar-refractivity contribution in [2.75, 3.05) is 0 Å². The Balaban J connectivity index is 2.34. The Hall–Kier alpha value is -1.47. The van der Waals surface area contributed by atoms with E-state index < -0.39 is 29.2 Å². The summed E-state index contributed by atoms with van der Waals surface area (Å²) in [7, 11) is 0. The van der Waals surface area contributed by atoms with Crippen LogP contribution < -0.4 is 0 Å². The molecule has 0 aliphatic rings. The highest BCUT2D eigenvalue weighted by molar-refractivity contribution is 9.10. The van der Waals surface area contributed by atoms with E-state index in [2.05, 4.69) is 20.9 Å². The van der Waals surface area contributed by atoms with Gasteiger partial charge in [0.25, 0.3) is 0 Å². The number of hydrogen-bond acceptors (Lipinski definition) is 2. The summed E-state index contributed by atoms with van der Waals surface area (Å²) in [6.45, 7) is 0. The Morgan fingerprint density at radius 1 is 1.19 bits per heavy atom. The van der Waals surface area contributed by atoms with Crippen molar-refractivity contribution in [3.8, 4) is 0 Å². The molecule has 1 aromatic carbocycles. The Bertz CT molecular complexity index is 645. The maximum Gasteiger partial charge on any atom is 0.416 e. The van der Waals surface area contributed by atoms with Crippen LogP contribution in [0.2, 0.25) is 0 Å². The van der Waals surface area contributed by atoms with Gasteiger partial charge in [-0.25, -0.2) is 4.39 Å². The van der Waals surface area contributed by atoms with Crippen LogP contribution in [-0.2, 0) is 12.6 Å². The highest BCUT2D eigenvalue weighted by Gasteiger charge is 2.35. The van der Waals surface area contributed by atoms with E-state index in [1.54, 1.807) is 6.07 Å². The quantitative estimate of drug-likeness (QED) is 0.825. The first-order valence-corrected chi connectivity index (χ1v) is 6.71. The van der Waals surface area contributed by atoms with Crippen molar-refractivity contribution in [1.82, 2.24) is 4.98 Å². The molecule has 1 unspecified atom stereocenters. The molecule has 1 heterocycles. The zero-order chi connectivity index (χ0) is 15.6. The van der Waals surface area contributed by atoms with Gasteiger partial charge in [0.15, 0.2) is 0 Å². The summed E-state index contributed by atoms with van der Waals surface area (Å²) in [6.07, 6.45) is -3.29. The van der Waals surface area contributed by atoms with E-state index in [1.165, 1.54) is 12.4 Å². The van der Waals surface area contributed by atoms with E-state index in [9.17, 15) is 22.7 Å². The number of aromatic nitrogens is 1. The lowest BCUT2D eigenvalue weighted by molar-refractivity contribution is -0.139. The Morgan fingerprint density at radius 2 is 1.90 bits per heavy atom. The molecule has 0 saturated carbocycles. The van der Waals surface area contributed by atoms with Gasteiger partial charge in [-0.1, -0.05) is 0 Å². The molecule has 0 radical (unpaired) electrons. The van der Waals surface area contributed by atoms with Crippen molar-refractivity contribution in [2.24, 2.45) is 0 Å². The number of hydrogen-bond donors (Lipinski definition) is 1. The fourth-order valence-corrected chi connectivity index (χ4v) is 2.38. The topological polar surface area (TPSA) is 33.1 Å². The molecule has 1 N–H and O–H groups in total. The highest BCUT2D eigenvalue weighted by atomic mass is 79.9. The second-order valence-electron chi connectivity index (χ2n) is 4.46. The third-order valence-electron chi connectivity index (χ3n) is 2.87. The van der Waals surface area contributed by atoms with E-state index in [4.69, 9.17) is 0 Å². The lowest BCUT2D eigenvalue weighted by Gasteiger charge is -2.17. The summed E-state index contributed by atoms with van der Waals surface area (Å²) in [6, 6.07) is 3.69. The lowest BCUT2D eigenvalue weighted by Crippen LogP contribution is -2.14. The van der Waals surface area contributed by atoms with E-state index in [0.717, 1.165) is 6.07 Å². The SMILES string of the molecule is OC(Cc1cncc(Br)c1)c1cc(F)ccc1C(F)(F)F. The molecule has 0 amide bonds. The number of pyridine rings is 1. The van der Waals surface area contributed by atoms with Crippen LogP contribution in [-0.4, -0.2) is 10.1 Å². The van der Waals surface area contributed by atoms with Gasteiger partial charge in [0, 0.05) is 23.3 Å². The normalized spacial score (nSPS) is 13.2. The summed E-state index contributed by atoms with van der Waals surface area (Å²) in [5.74, 6) is -0.829. The maximum atomic E-state index is 13.2. The molecule has 0 saturated heterocycles. The van der Waals surface area contributed by atoms with E-state index >= 15 is 0 Å². The van der Waals surface area contributed by atoms with Crippen molar-refractivity contribution in [2.45, 2.75) is 18.7 Å². The number of halogens is 5. The number of benzene rings is 1. The van der Waals surface area contributed by atoms with Crippen molar-refractivity contribution in [3.63, 3.8) is 0 Å². The second kappa shape index (κ2) is 6.11. The van der Waals surface area contributed by atoms with Gasteiger partial charge in [-0.3, -0.25) is 4.98 Å². The largest absolute Gasteiger partial charge is 0.416 e. The number of aliphatic hydroxyl groups excluding tert-OH is 1. The predicted molar refractivity (Wildman–Crippen MR) is 72.0 cm³/mol. The van der Waals surface area contributed by atoms with Gasteiger partial charge in [-0.15, -0.1) is 0 Å². The van der Waals surface area contributed by atoms with Crippen LogP contribution in [0.15, 0.2) is 41.1 Å². The predicted octanol–water partition coefficient (Wildman–Crippen LogP) is 4.28. The first-order chi connectivity index (χ1) is 9.77. The Kier molecular flexibility index (Phi) is 4.63. The van der Waals surface area contributed by atoms with E-state index in [-0.39, 0.29) is 6.42 Å². The number of nitrogens with zero attached hydrogens (tertiary/aromatic N) is 1. The molecule has 0 fully saturated rings. The van der Waals surface area contributed by atoms with Gasteiger partial charge in [0.05, 0.1) is 11.7 Å². The van der Waals surface area contributed by atoms with Crippen LogP contribution in [0.3, 0.4) is 0 Å². The molecular weight excluding hydrogens is 354 g/mol. The molecule has 2 nitrogen and oxygen atoms in total. The molecule has 0 aliphatic carbocycles. The third-order valence-corrected chi connectivity index (χ3v) is 3.30. The minimum Gasteiger partial charge on any atom is -0.388 e. The molecule has 0 aliphatic heterocycles. The van der Waals surface area contributed by atoms with Crippen LogP contribution in [0.5, 0.6) is 0 Å². The van der Waals surface area contributed by atoms with Gasteiger partial charge in [0.1, 0.15) is 5.82 Å². The third kappa shape index (κ3) is 4.01. The zero-order valence-electron chi connectivity index (χ0n) is 10.5. The molecule has 1 atom stereocenters. The first kappa shape index (κ1) is 15.9. The van der Waals surface area contributed by atoms with Crippen molar-refractivity contribution in [3.05, 3.63) is 63.6 Å². The molecule has 0 bridgehead atoms. The van der Waals surface area contributed by atoms with Crippen molar-refractivity contribution < 1.29 is 22.7 Å². The monoisotopic (exact) mass is 363 g/mol. The van der Waals surface area contributed by atoms with Gasteiger partial charge in [0.2, 0.25) is 0 Å². The molecular formula is C14H10BrF4NO. The number of aliphatic hydroxyl groups is 1. The fraction of sp³-hybridized carbons (Fsp3) is 0.214. The van der Waals surface area contributed by atoms with E-state index in [0.29, 0.717) is 22.2 Å². The highest BCUT2D eigenvalue weighted by Crippen LogP contribution is 2.36. The van der Waals surface area contributed by atoms with Gasteiger partial charge >= 0.3 is 6.18 Å². The van der Waals surface area contributed by atoms with Crippen molar-refractivity contribution in [1.29, 1.82) is 0 Å². The standard InChI is InChI=1S/C14H10BrF4NO/c15-9-3-8(6-20-7-9)4-13(21)11-5-10(16)1-2-12(11)14(17,18)19/h1-3,5-7,13,21H,4H2. The van der Waals surface area contributed by atoms with Gasteiger partial charge in [-0.2, -0.15) is 13.2 Å². The van der Waals surface area contributed by atoms with Crippen LogP contribution in [0.25, 0.3) is 0 Å². The summed E-state index contributed by atoms with van der Waals surface area (Å²) in [4.78, 5) is 3.87. The molecule has 2 rings (SSSR count). The van der Waals surface area contributed by atoms with Crippen LogP contribution in [0, 0.1) is 5.82 Å². The average Bonchev–Trinajstić information content (AvgIpc) is 2.37. The average molecular weight is 364 g/mol. The number of alkyl halides is 3. The van der Waals surface area contributed by atoms with Gasteiger partial charge in [-0.05, 0) is 51.3 Å². The second-order valence-corrected chi connectivity index (χ2v) is 5.38. The molecule has 0 spiro atoms. The van der Waals surface area contributed by atoms with Crippen molar-refractivity contribution >= 4 is 15.9 Å². The Labute approximate surface area is 126 Å². The molecule has 21 heavy (non-hydrogen) atoms. The van der Waals surface area contributed by atoms with E-state index in [1.807, 2.05) is 0 Å². The van der Waals surface area contributed by atoms with Crippen LogP contribution >= 0.6 is 15.9 Å².